The van der Waals surface area contributed by atoms with Gasteiger partial charge in [0.15, 0.2) is 6.29 Å². The molecule has 0 aromatic rings. The maximum absolute atomic E-state index is 9.20. The van der Waals surface area contributed by atoms with Gasteiger partial charge in [0.1, 0.15) is 12.2 Å². The van der Waals surface area contributed by atoms with E-state index in [-0.39, 0.29) is 6.54 Å². The first-order valence-electron chi connectivity index (χ1n) is 3.29. The van der Waals surface area contributed by atoms with Gasteiger partial charge >= 0.3 is 0 Å². The maximum atomic E-state index is 9.20. The Morgan fingerprint density at radius 1 is 1.27 bits per heavy atom. The molecule has 3 atom stereocenters. The summed E-state index contributed by atoms with van der Waals surface area (Å²) in [5, 5.41) is 18.1. The quantitative estimate of drug-likeness (QED) is 0.422. The van der Waals surface area contributed by atoms with Gasteiger partial charge in [-0.1, -0.05) is 0 Å². The summed E-state index contributed by atoms with van der Waals surface area (Å²) in [5.74, 6) is 0. The Hall–Kier alpha value is -0.200. The van der Waals surface area contributed by atoms with Crippen LogP contribution in [-0.2, 0) is 9.47 Å². The second-order valence-electron chi connectivity index (χ2n) is 2.13. The Balaban J connectivity index is 3.86. The third kappa shape index (κ3) is 3.13. The molecule has 11 heavy (non-hydrogen) atoms. The lowest BCUT2D eigenvalue weighted by molar-refractivity contribution is -0.177. The van der Waals surface area contributed by atoms with E-state index in [0.717, 1.165) is 0 Å². The second-order valence-corrected chi connectivity index (χ2v) is 2.13. The number of aliphatic hydroxyl groups is 2. The fraction of sp³-hybridized carbons (Fsp3) is 1.00. The fourth-order valence-corrected chi connectivity index (χ4v) is 0.698. The zero-order valence-corrected chi connectivity index (χ0v) is 6.73. The SMILES string of the molecule is COC(O)C(O)C(CN)OC. The van der Waals surface area contributed by atoms with Crippen molar-refractivity contribution in [2.45, 2.75) is 18.5 Å². The van der Waals surface area contributed by atoms with Crippen LogP contribution in [0, 0.1) is 0 Å². The van der Waals surface area contributed by atoms with Crippen molar-refractivity contribution in [2.24, 2.45) is 5.73 Å². The molecule has 0 saturated carbocycles. The topological polar surface area (TPSA) is 84.9 Å². The molecular formula is C6H15NO4. The lowest BCUT2D eigenvalue weighted by Crippen LogP contribution is -2.43. The van der Waals surface area contributed by atoms with Crippen LogP contribution in [0.5, 0.6) is 0 Å². The number of hydrogen-bond donors (Lipinski definition) is 3. The molecule has 0 spiro atoms. The van der Waals surface area contributed by atoms with Crippen molar-refractivity contribution in [3.63, 3.8) is 0 Å². The first kappa shape index (κ1) is 10.8. The molecule has 68 valence electrons. The monoisotopic (exact) mass is 165 g/mol. The van der Waals surface area contributed by atoms with E-state index in [1.807, 2.05) is 0 Å². The van der Waals surface area contributed by atoms with Crippen LogP contribution in [0.3, 0.4) is 0 Å². The molecule has 0 bridgehead atoms. The van der Waals surface area contributed by atoms with Gasteiger partial charge in [-0.3, -0.25) is 0 Å². The molecule has 0 saturated heterocycles. The van der Waals surface area contributed by atoms with Crippen LogP contribution < -0.4 is 5.73 Å². The minimum absolute atomic E-state index is 0.137. The molecule has 0 aromatic carbocycles. The predicted octanol–water partition coefficient (Wildman–Crippen LogP) is -1.71. The molecule has 0 heterocycles. The third-order valence-corrected chi connectivity index (χ3v) is 1.45. The first-order chi connectivity index (χ1) is 5.17. The molecule has 3 unspecified atom stereocenters. The predicted molar refractivity (Wildman–Crippen MR) is 38.9 cm³/mol. The van der Waals surface area contributed by atoms with Crippen LogP contribution in [-0.4, -0.2) is 49.5 Å². The van der Waals surface area contributed by atoms with Gasteiger partial charge in [0, 0.05) is 20.8 Å². The molecule has 5 nitrogen and oxygen atoms in total. The zero-order valence-electron chi connectivity index (χ0n) is 6.73. The summed E-state index contributed by atoms with van der Waals surface area (Å²) < 4.78 is 9.24. The Labute approximate surface area is 65.7 Å². The lowest BCUT2D eigenvalue weighted by Gasteiger charge is -2.23. The smallest absolute Gasteiger partial charge is 0.183 e. The van der Waals surface area contributed by atoms with Gasteiger partial charge in [-0.05, 0) is 0 Å². The van der Waals surface area contributed by atoms with Crippen LogP contribution in [0.15, 0.2) is 0 Å². The number of rotatable bonds is 5. The average molecular weight is 165 g/mol. The van der Waals surface area contributed by atoms with E-state index < -0.39 is 18.5 Å². The number of nitrogens with two attached hydrogens (primary N) is 1. The standard InChI is InChI=1S/C6H15NO4/c1-10-4(3-7)5(8)6(9)11-2/h4-6,8-9H,3,7H2,1-2H3. The highest BCUT2D eigenvalue weighted by Gasteiger charge is 2.24. The summed E-state index contributed by atoms with van der Waals surface area (Å²) in [6.07, 6.45) is -2.94. The van der Waals surface area contributed by atoms with Gasteiger partial charge in [-0.25, -0.2) is 0 Å². The van der Waals surface area contributed by atoms with E-state index in [1.54, 1.807) is 0 Å². The molecule has 0 fully saturated rings. The summed E-state index contributed by atoms with van der Waals surface area (Å²) in [6, 6.07) is 0. The number of ether oxygens (including phenoxy) is 2. The molecular weight excluding hydrogens is 150 g/mol. The van der Waals surface area contributed by atoms with E-state index >= 15 is 0 Å². The van der Waals surface area contributed by atoms with E-state index in [2.05, 4.69) is 4.74 Å². The molecule has 0 aliphatic heterocycles. The van der Waals surface area contributed by atoms with Gasteiger partial charge in [-0.15, -0.1) is 0 Å². The molecule has 0 radical (unpaired) electrons. The van der Waals surface area contributed by atoms with Gasteiger partial charge in [0.25, 0.3) is 0 Å². The number of hydrogen-bond acceptors (Lipinski definition) is 5. The van der Waals surface area contributed by atoms with E-state index in [4.69, 9.17) is 15.6 Å². The molecule has 0 aliphatic carbocycles. The fourth-order valence-electron chi connectivity index (χ4n) is 0.698. The summed E-state index contributed by atoms with van der Waals surface area (Å²) in [4.78, 5) is 0. The van der Waals surface area contributed by atoms with Crippen LogP contribution >= 0.6 is 0 Å². The highest BCUT2D eigenvalue weighted by atomic mass is 16.6. The van der Waals surface area contributed by atoms with Crippen LogP contribution in [0.2, 0.25) is 0 Å². The van der Waals surface area contributed by atoms with Crippen molar-refractivity contribution >= 4 is 0 Å². The Morgan fingerprint density at radius 2 is 1.82 bits per heavy atom. The van der Waals surface area contributed by atoms with E-state index in [1.165, 1.54) is 14.2 Å². The molecule has 5 heteroatoms. The van der Waals surface area contributed by atoms with Crippen LogP contribution in [0.25, 0.3) is 0 Å². The van der Waals surface area contributed by atoms with E-state index in [0.29, 0.717) is 0 Å². The molecule has 0 amide bonds. The van der Waals surface area contributed by atoms with Crippen molar-refractivity contribution < 1.29 is 19.7 Å². The number of aliphatic hydroxyl groups excluding tert-OH is 2. The highest BCUT2D eigenvalue weighted by Crippen LogP contribution is 2.02. The van der Waals surface area contributed by atoms with Gasteiger partial charge in [0.2, 0.25) is 0 Å². The molecule has 0 aliphatic rings. The maximum Gasteiger partial charge on any atom is 0.183 e. The normalized spacial score (nSPS) is 19.4. The number of methoxy groups -OCH3 is 2. The van der Waals surface area contributed by atoms with Crippen molar-refractivity contribution in [2.75, 3.05) is 20.8 Å². The highest BCUT2D eigenvalue weighted by molar-refractivity contribution is 4.71. The van der Waals surface area contributed by atoms with Crippen LogP contribution in [0.4, 0.5) is 0 Å². The Kier molecular flexibility index (Phi) is 5.35. The Morgan fingerprint density at radius 3 is 2.09 bits per heavy atom. The largest absolute Gasteiger partial charge is 0.385 e. The first-order valence-corrected chi connectivity index (χ1v) is 3.29. The van der Waals surface area contributed by atoms with Crippen molar-refractivity contribution in [3.8, 4) is 0 Å². The van der Waals surface area contributed by atoms with Gasteiger partial charge in [-0.2, -0.15) is 0 Å². The average Bonchev–Trinajstić information content (AvgIpc) is 2.05. The van der Waals surface area contributed by atoms with Crippen molar-refractivity contribution in [3.05, 3.63) is 0 Å². The van der Waals surface area contributed by atoms with E-state index in [9.17, 15) is 5.11 Å². The van der Waals surface area contributed by atoms with Crippen molar-refractivity contribution in [1.29, 1.82) is 0 Å². The van der Waals surface area contributed by atoms with Gasteiger partial charge < -0.3 is 25.4 Å². The second kappa shape index (κ2) is 5.45. The molecule has 4 N–H and O–H groups in total. The zero-order chi connectivity index (χ0) is 8.85. The molecule has 0 aromatic heterocycles. The van der Waals surface area contributed by atoms with Gasteiger partial charge in [0.05, 0.1) is 0 Å². The summed E-state index contributed by atoms with van der Waals surface area (Å²) >= 11 is 0. The Bertz CT molecular complexity index is 96.6. The third-order valence-electron chi connectivity index (χ3n) is 1.45. The molecule has 0 rings (SSSR count). The summed E-state index contributed by atoms with van der Waals surface area (Å²) in [6.45, 7) is 0.137. The van der Waals surface area contributed by atoms with Crippen molar-refractivity contribution in [1.82, 2.24) is 0 Å². The minimum Gasteiger partial charge on any atom is -0.385 e. The van der Waals surface area contributed by atoms with Crippen LogP contribution in [0.1, 0.15) is 0 Å². The summed E-state index contributed by atoms with van der Waals surface area (Å²) in [5.41, 5.74) is 5.23. The summed E-state index contributed by atoms with van der Waals surface area (Å²) in [7, 11) is 2.69. The lowest BCUT2D eigenvalue weighted by atomic mass is 10.2. The minimum atomic E-state index is -1.25.